The van der Waals surface area contributed by atoms with Crippen molar-refractivity contribution in [2.45, 2.75) is 33.4 Å². The lowest BCUT2D eigenvalue weighted by Crippen LogP contribution is -2.24. The number of nitrogens with two attached hydrogens (primary N) is 1. The normalized spacial score (nSPS) is 12.0. The summed E-state index contributed by atoms with van der Waals surface area (Å²) in [6.45, 7) is 6.19. The second-order valence-corrected chi connectivity index (χ2v) is 4.36. The van der Waals surface area contributed by atoms with E-state index in [4.69, 9.17) is 10.5 Å². The van der Waals surface area contributed by atoms with Crippen molar-refractivity contribution in [2.24, 2.45) is 11.1 Å². The van der Waals surface area contributed by atoms with Crippen molar-refractivity contribution in [2.75, 3.05) is 13.7 Å². The number of hydrogen-bond acceptors (Lipinski definition) is 5. The van der Waals surface area contributed by atoms with Gasteiger partial charge in [0.2, 0.25) is 0 Å². The third-order valence-electron chi connectivity index (χ3n) is 2.35. The molecule has 1 aromatic heterocycles. The standard InChI is InChI=1S/C9H19N5O/c1-9(2,4-5-15-3)7-14-8(6-10)11-12-13-14/h4-7,10H2,1-3H3. The molecule has 2 N–H and O–H groups in total. The van der Waals surface area contributed by atoms with Gasteiger partial charge in [-0.2, -0.15) is 0 Å². The molecule has 86 valence electrons. The summed E-state index contributed by atoms with van der Waals surface area (Å²) in [6, 6.07) is 0. The van der Waals surface area contributed by atoms with E-state index in [1.54, 1.807) is 11.8 Å². The molecule has 0 atom stereocenters. The number of aromatic nitrogens is 4. The Bertz CT molecular complexity index is 296. The van der Waals surface area contributed by atoms with Crippen LogP contribution in [-0.4, -0.2) is 33.9 Å². The Morgan fingerprint density at radius 1 is 1.47 bits per heavy atom. The monoisotopic (exact) mass is 213 g/mol. The predicted octanol–water partition coefficient (Wildman–Crippen LogP) is 0.195. The minimum Gasteiger partial charge on any atom is -0.385 e. The minimum atomic E-state index is 0.106. The predicted molar refractivity (Wildman–Crippen MR) is 56.0 cm³/mol. The summed E-state index contributed by atoms with van der Waals surface area (Å²) in [6.07, 6.45) is 0.966. The molecule has 1 aromatic rings. The van der Waals surface area contributed by atoms with E-state index in [2.05, 4.69) is 29.4 Å². The fourth-order valence-electron chi connectivity index (χ4n) is 1.36. The van der Waals surface area contributed by atoms with Crippen LogP contribution in [0.5, 0.6) is 0 Å². The maximum atomic E-state index is 5.53. The number of methoxy groups -OCH3 is 1. The summed E-state index contributed by atoms with van der Waals surface area (Å²) in [7, 11) is 1.71. The van der Waals surface area contributed by atoms with Crippen LogP contribution in [0.2, 0.25) is 0 Å². The first-order valence-electron chi connectivity index (χ1n) is 5.03. The molecule has 0 bridgehead atoms. The van der Waals surface area contributed by atoms with Gasteiger partial charge in [-0.1, -0.05) is 13.8 Å². The minimum absolute atomic E-state index is 0.106. The molecule has 0 saturated heterocycles. The van der Waals surface area contributed by atoms with E-state index in [-0.39, 0.29) is 5.41 Å². The van der Waals surface area contributed by atoms with Gasteiger partial charge in [0.05, 0.1) is 13.1 Å². The highest BCUT2D eigenvalue weighted by atomic mass is 16.5. The second-order valence-electron chi connectivity index (χ2n) is 4.36. The van der Waals surface area contributed by atoms with Gasteiger partial charge < -0.3 is 10.5 Å². The van der Waals surface area contributed by atoms with E-state index in [1.807, 2.05) is 0 Å². The SMILES string of the molecule is COCCC(C)(C)Cn1nnnc1CN. The molecule has 6 heteroatoms. The van der Waals surface area contributed by atoms with Crippen molar-refractivity contribution in [3.63, 3.8) is 0 Å². The number of ether oxygens (including phenoxy) is 1. The summed E-state index contributed by atoms with van der Waals surface area (Å²) in [5.74, 6) is 0.723. The van der Waals surface area contributed by atoms with E-state index in [0.717, 1.165) is 25.4 Å². The Hall–Kier alpha value is -1.01. The summed E-state index contributed by atoms with van der Waals surface area (Å²) in [5.41, 5.74) is 5.63. The maximum Gasteiger partial charge on any atom is 0.164 e. The van der Waals surface area contributed by atoms with E-state index in [9.17, 15) is 0 Å². The van der Waals surface area contributed by atoms with Crippen molar-refractivity contribution in [1.82, 2.24) is 20.2 Å². The van der Waals surface area contributed by atoms with Crippen LogP contribution in [0.1, 0.15) is 26.1 Å². The molecule has 0 aromatic carbocycles. The lowest BCUT2D eigenvalue weighted by Gasteiger charge is -2.24. The van der Waals surface area contributed by atoms with Gasteiger partial charge in [0, 0.05) is 13.7 Å². The van der Waals surface area contributed by atoms with Crippen LogP contribution in [0.3, 0.4) is 0 Å². The highest BCUT2D eigenvalue weighted by molar-refractivity contribution is 4.81. The van der Waals surface area contributed by atoms with Gasteiger partial charge in [-0.05, 0) is 22.3 Å². The quantitative estimate of drug-likeness (QED) is 0.730. The Kier molecular flexibility index (Phi) is 4.16. The first-order chi connectivity index (χ1) is 7.09. The molecule has 6 nitrogen and oxygen atoms in total. The van der Waals surface area contributed by atoms with Gasteiger partial charge >= 0.3 is 0 Å². The van der Waals surface area contributed by atoms with Crippen molar-refractivity contribution in [1.29, 1.82) is 0 Å². The molecule has 0 unspecified atom stereocenters. The van der Waals surface area contributed by atoms with Crippen molar-refractivity contribution in [3.8, 4) is 0 Å². The molecule has 0 aliphatic rings. The van der Waals surface area contributed by atoms with Crippen LogP contribution in [0.4, 0.5) is 0 Å². The molecule has 0 amide bonds. The third kappa shape index (κ3) is 3.56. The molecule has 0 saturated carbocycles. The zero-order chi connectivity index (χ0) is 11.3. The average Bonchev–Trinajstić information content (AvgIpc) is 2.61. The molecule has 1 rings (SSSR count). The third-order valence-corrected chi connectivity index (χ3v) is 2.35. The van der Waals surface area contributed by atoms with Crippen LogP contribution in [0.15, 0.2) is 0 Å². The lowest BCUT2D eigenvalue weighted by molar-refractivity contribution is 0.139. The van der Waals surface area contributed by atoms with Gasteiger partial charge in [-0.15, -0.1) is 5.10 Å². The number of hydrogen-bond donors (Lipinski definition) is 1. The van der Waals surface area contributed by atoms with Crippen LogP contribution < -0.4 is 5.73 Å². The molecule has 1 heterocycles. The lowest BCUT2D eigenvalue weighted by atomic mass is 9.90. The second kappa shape index (κ2) is 5.18. The summed E-state index contributed by atoms with van der Waals surface area (Å²) in [5, 5.41) is 11.4. The highest BCUT2D eigenvalue weighted by Crippen LogP contribution is 2.22. The van der Waals surface area contributed by atoms with Crippen LogP contribution in [-0.2, 0) is 17.8 Å². The van der Waals surface area contributed by atoms with Gasteiger partial charge in [-0.3, -0.25) is 0 Å². The Morgan fingerprint density at radius 3 is 2.80 bits per heavy atom. The molecular formula is C9H19N5O. The molecule has 0 fully saturated rings. The largest absolute Gasteiger partial charge is 0.385 e. The van der Waals surface area contributed by atoms with Gasteiger partial charge in [0.1, 0.15) is 0 Å². The Morgan fingerprint density at radius 2 is 2.20 bits per heavy atom. The number of rotatable bonds is 6. The molecular weight excluding hydrogens is 194 g/mol. The fourth-order valence-corrected chi connectivity index (χ4v) is 1.36. The van der Waals surface area contributed by atoms with E-state index in [0.29, 0.717) is 6.54 Å². The van der Waals surface area contributed by atoms with Crippen LogP contribution in [0.25, 0.3) is 0 Å². The summed E-state index contributed by atoms with van der Waals surface area (Å²) >= 11 is 0. The van der Waals surface area contributed by atoms with Crippen LogP contribution in [0, 0.1) is 5.41 Å². The molecule has 0 radical (unpaired) electrons. The number of tetrazole rings is 1. The fraction of sp³-hybridized carbons (Fsp3) is 0.889. The first-order valence-corrected chi connectivity index (χ1v) is 5.03. The Labute approximate surface area is 89.8 Å². The van der Waals surface area contributed by atoms with Gasteiger partial charge in [0.15, 0.2) is 5.82 Å². The number of nitrogens with zero attached hydrogens (tertiary/aromatic N) is 4. The molecule has 0 spiro atoms. The highest BCUT2D eigenvalue weighted by Gasteiger charge is 2.20. The van der Waals surface area contributed by atoms with Gasteiger partial charge in [0.25, 0.3) is 0 Å². The zero-order valence-electron chi connectivity index (χ0n) is 9.60. The van der Waals surface area contributed by atoms with Crippen molar-refractivity contribution in [3.05, 3.63) is 5.82 Å². The van der Waals surface area contributed by atoms with Crippen molar-refractivity contribution >= 4 is 0 Å². The van der Waals surface area contributed by atoms with E-state index < -0.39 is 0 Å². The Balaban J connectivity index is 2.59. The maximum absolute atomic E-state index is 5.53. The summed E-state index contributed by atoms with van der Waals surface area (Å²) in [4.78, 5) is 0. The van der Waals surface area contributed by atoms with E-state index >= 15 is 0 Å². The summed E-state index contributed by atoms with van der Waals surface area (Å²) < 4.78 is 6.83. The molecule has 15 heavy (non-hydrogen) atoms. The smallest absolute Gasteiger partial charge is 0.164 e. The zero-order valence-corrected chi connectivity index (χ0v) is 9.60. The molecule has 0 aliphatic heterocycles. The van der Waals surface area contributed by atoms with Gasteiger partial charge in [-0.25, -0.2) is 4.68 Å². The van der Waals surface area contributed by atoms with Crippen molar-refractivity contribution < 1.29 is 4.74 Å². The van der Waals surface area contributed by atoms with Crippen LogP contribution >= 0.6 is 0 Å². The topological polar surface area (TPSA) is 78.8 Å². The van der Waals surface area contributed by atoms with E-state index in [1.165, 1.54) is 0 Å². The average molecular weight is 213 g/mol. The first kappa shape index (κ1) is 12.1. The molecule has 0 aliphatic carbocycles.